The highest BCUT2D eigenvalue weighted by atomic mass is 35.5. The maximum atomic E-state index is 11.3. The summed E-state index contributed by atoms with van der Waals surface area (Å²) in [6.45, 7) is 1.71. The number of anilines is 1. The van der Waals surface area contributed by atoms with Gasteiger partial charge in [0.15, 0.2) is 0 Å². The van der Waals surface area contributed by atoms with Crippen molar-refractivity contribution in [2.45, 2.75) is 11.8 Å². The molecule has 0 radical (unpaired) electrons. The van der Waals surface area contributed by atoms with Crippen molar-refractivity contribution >= 4 is 50.0 Å². The number of nitrogens with zero attached hydrogens (tertiary/aromatic N) is 2. The Hall–Kier alpha value is -2.01. The first-order chi connectivity index (χ1) is 10.7. The maximum absolute atomic E-state index is 11.3. The molecule has 3 N–H and O–H groups in total. The summed E-state index contributed by atoms with van der Waals surface area (Å²) in [5.41, 5.74) is 2.73. The Morgan fingerprint density at radius 3 is 2.61 bits per heavy atom. The Labute approximate surface area is 140 Å². The summed E-state index contributed by atoms with van der Waals surface area (Å²) in [6.07, 6.45) is 0. The van der Waals surface area contributed by atoms with Crippen LogP contribution in [0.5, 0.6) is 0 Å². The molecule has 0 saturated heterocycles. The normalized spacial score (nSPS) is 12.2. The number of thiophene rings is 1. The third-order valence-corrected chi connectivity index (χ3v) is 5.02. The lowest BCUT2D eigenvalue weighted by atomic mass is 10.3. The molecule has 2 aromatic rings. The summed E-state index contributed by atoms with van der Waals surface area (Å²) in [6, 6.07) is 6.76. The Kier molecular flexibility index (Phi) is 5.00. The fourth-order valence-corrected chi connectivity index (χ4v) is 3.16. The van der Waals surface area contributed by atoms with E-state index in [4.69, 9.17) is 16.7 Å². The molecule has 1 heterocycles. The number of nitrogens with one attached hydrogen (secondary N) is 1. The number of hydrogen-bond donors (Lipinski definition) is 2. The Balaban J connectivity index is 2.34. The smallest absolute Gasteiger partial charge is 0.271 e. The van der Waals surface area contributed by atoms with Crippen molar-refractivity contribution in [3.8, 4) is 0 Å². The van der Waals surface area contributed by atoms with Gasteiger partial charge in [-0.05, 0) is 31.2 Å². The number of hydrazone groups is 1. The Bertz CT molecular complexity index is 892. The molecule has 0 amide bonds. The van der Waals surface area contributed by atoms with Gasteiger partial charge in [0.2, 0.25) is 10.0 Å². The summed E-state index contributed by atoms with van der Waals surface area (Å²) < 4.78 is 23.1. The zero-order valence-corrected chi connectivity index (χ0v) is 14.1. The molecule has 0 saturated carbocycles. The number of halogens is 1. The van der Waals surface area contributed by atoms with Crippen LogP contribution in [0.3, 0.4) is 0 Å². The summed E-state index contributed by atoms with van der Waals surface area (Å²) in [7, 11) is -4.03. The molecule has 0 spiro atoms. The van der Waals surface area contributed by atoms with E-state index < -0.39 is 20.6 Å². The van der Waals surface area contributed by atoms with Gasteiger partial charge < -0.3 is 0 Å². The topological polar surface area (TPSA) is 128 Å². The highest BCUT2D eigenvalue weighted by Crippen LogP contribution is 2.28. The molecule has 1 aromatic heterocycles. The van der Waals surface area contributed by atoms with Crippen molar-refractivity contribution in [3.63, 3.8) is 0 Å². The molecule has 0 fully saturated rings. The largest absolute Gasteiger partial charge is 0.295 e. The summed E-state index contributed by atoms with van der Waals surface area (Å²) in [5, 5.41) is 20.1. The van der Waals surface area contributed by atoms with E-state index in [1.54, 1.807) is 19.1 Å². The van der Waals surface area contributed by atoms with Crippen LogP contribution in [0.15, 0.2) is 40.3 Å². The number of hydrogen-bond acceptors (Lipinski definition) is 7. The number of nitro groups is 1. The molecule has 11 heteroatoms. The van der Waals surface area contributed by atoms with Crippen LogP contribution in [0.1, 0.15) is 11.8 Å². The number of nitrogens with two attached hydrogens (primary N) is 1. The van der Waals surface area contributed by atoms with Gasteiger partial charge in [0.25, 0.3) is 5.69 Å². The standard InChI is InChI=1S/C12H11ClN4O4S2/c1-7(11-4-5-12(13)22-11)15-16-9-3-2-8(23(14,20)21)6-10(9)17(18)19/h2-6,16H,1H3,(H2,14,20,21)/b15-7-. The average molecular weight is 375 g/mol. The van der Waals surface area contributed by atoms with Gasteiger partial charge in [0.05, 0.1) is 24.7 Å². The fourth-order valence-electron chi connectivity index (χ4n) is 1.64. The van der Waals surface area contributed by atoms with Crippen molar-refractivity contribution in [2.24, 2.45) is 10.2 Å². The second kappa shape index (κ2) is 6.62. The predicted octanol–water partition coefficient (Wildman–Crippen LogP) is 2.79. The van der Waals surface area contributed by atoms with E-state index >= 15 is 0 Å². The molecule has 0 unspecified atom stereocenters. The SMILES string of the molecule is C/C(=N/Nc1ccc(S(N)(=O)=O)cc1[N+](=O)[O-])c1ccc(Cl)s1. The number of benzene rings is 1. The number of sulfonamides is 1. The number of nitro benzene ring substituents is 1. The van der Waals surface area contributed by atoms with Crippen LogP contribution < -0.4 is 10.6 Å². The second-order valence-electron chi connectivity index (χ2n) is 4.39. The van der Waals surface area contributed by atoms with Gasteiger partial charge in [-0.25, -0.2) is 13.6 Å². The molecule has 1 aromatic carbocycles. The van der Waals surface area contributed by atoms with Crippen LogP contribution in [0.4, 0.5) is 11.4 Å². The predicted molar refractivity (Wildman–Crippen MR) is 89.6 cm³/mol. The summed E-state index contributed by atoms with van der Waals surface area (Å²) in [4.78, 5) is 10.8. The van der Waals surface area contributed by atoms with Crippen molar-refractivity contribution < 1.29 is 13.3 Å². The molecule has 0 aliphatic carbocycles. The highest BCUT2D eigenvalue weighted by molar-refractivity contribution is 7.89. The lowest BCUT2D eigenvalue weighted by Gasteiger charge is -2.05. The van der Waals surface area contributed by atoms with Crippen LogP contribution in [-0.4, -0.2) is 19.1 Å². The first-order valence-electron chi connectivity index (χ1n) is 6.06. The molecule has 0 aliphatic heterocycles. The van der Waals surface area contributed by atoms with Crippen molar-refractivity contribution in [1.82, 2.24) is 0 Å². The summed E-state index contributed by atoms with van der Waals surface area (Å²) >= 11 is 7.15. The quantitative estimate of drug-likeness (QED) is 0.472. The molecule has 8 nitrogen and oxygen atoms in total. The zero-order valence-electron chi connectivity index (χ0n) is 11.7. The van der Waals surface area contributed by atoms with E-state index in [1.807, 2.05) is 0 Å². The first kappa shape index (κ1) is 17.3. The Morgan fingerprint density at radius 1 is 1.39 bits per heavy atom. The van der Waals surface area contributed by atoms with E-state index in [1.165, 1.54) is 17.4 Å². The first-order valence-corrected chi connectivity index (χ1v) is 8.80. The van der Waals surface area contributed by atoms with Gasteiger partial charge in [-0.2, -0.15) is 5.10 Å². The minimum Gasteiger partial charge on any atom is -0.271 e. The molecule has 2 rings (SSSR count). The zero-order chi connectivity index (χ0) is 17.2. The van der Waals surface area contributed by atoms with E-state index in [0.717, 1.165) is 17.0 Å². The van der Waals surface area contributed by atoms with Gasteiger partial charge in [-0.1, -0.05) is 11.6 Å². The Morgan fingerprint density at radius 2 is 2.09 bits per heavy atom. The summed E-state index contributed by atoms with van der Waals surface area (Å²) in [5.74, 6) is 0. The van der Waals surface area contributed by atoms with Crippen molar-refractivity contribution in [2.75, 3.05) is 5.43 Å². The van der Waals surface area contributed by atoms with Gasteiger partial charge in [-0.15, -0.1) is 11.3 Å². The maximum Gasteiger partial charge on any atom is 0.295 e. The third-order valence-electron chi connectivity index (χ3n) is 2.77. The number of rotatable bonds is 5. The lowest BCUT2D eigenvalue weighted by molar-refractivity contribution is -0.384. The van der Waals surface area contributed by atoms with Gasteiger partial charge in [0.1, 0.15) is 5.69 Å². The number of primary sulfonamides is 1. The molecular formula is C12H11ClN4O4S2. The molecule has 0 aliphatic rings. The molecule has 122 valence electrons. The van der Waals surface area contributed by atoms with Crippen LogP contribution in [0.25, 0.3) is 0 Å². The van der Waals surface area contributed by atoms with Crippen LogP contribution >= 0.6 is 22.9 Å². The van der Waals surface area contributed by atoms with Crippen LogP contribution in [0.2, 0.25) is 4.34 Å². The minimum atomic E-state index is -4.03. The molecule has 0 atom stereocenters. The average Bonchev–Trinajstić information content (AvgIpc) is 2.90. The van der Waals surface area contributed by atoms with Crippen molar-refractivity contribution in [1.29, 1.82) is 0 Å². The van der Waals surface area contributed by atoms with Crippen molar-refractivity contribution in [3.05, 3.63) is 49.7 Å². The minimum absolute atomic E-state index is 0.0457. The fraction of sp³-hybridized carbons (Fsp3) is 0.0833. The molecular weight excluding hydrogens is 364 g/mol. The van der Waals surface area contributed by atoms with Gasteiger partial charge in [-0.3, -0.25) is 15.5 Å². The lowest BCUT2D eigenvalue weighted by Crippen LogP contribution is -2.12. The van der Waals surface area contributed by atoms with E-state index in [-0.39, 0.29) is 10.6 Å². The monoisotopic (exact) mass is 374 g/mol. The van der Waals surface area contributed by atoms with Crippen LogP contribution in [0, 0.1) is 10.1 Å². The van der Waals surface area contributed by atoms with Gasteiger partial charge in [0, 0.05) is 6.07 Å². The second-order valence-corrected chi connectivity index (χ2v) is 7.67. The molecule has 0 bridgehead atoms. The van der Waals surface area contributed by atoms with Crippen LogP contribution in [-0.2, 0) is 10.0 Å². The van der Waals surface area contributed by atoms with E-state index in [0.29, 0.717) is 10.0 Å². The van der Waals surface area contributed by atoms with Gasteiger partial charge >= 0.3 is 0 Å². The van der Waals surface area contributed by atoms with E-state index in [2.05, 4.69) is 10.5 Å². The highest BCUT2D eigenvalue weighted by Gasteiger charge is 2.19. The molecule has 23 heavy (non-hydrogen) atoms. The van der Waals surface area contributed by atoms with E-state index in [9.17, 15) is 18.5 Å². The third kappa shape index (κ3) is 4.26.